The van der Waals surface area contributed by atoms with Gasteiger partial charge in [0.2, 0.25) is 5.91 Å². The van der Waals surface area contributed by atoms with Crippen LogP contribution in [0, 0.1) is 11.8 Å². The maximum Gasteiger partial charge on any atom is 0.222 e. The predicted octanol–water partition coefficient (Wildman–Crippen LogP) is 2.80. The van der Waals surface area contributed by atoms with Gasteiger partial charge in [0, 0.05) is 25.6 Å². The highest BCUT2D eigenvalue weighted by Crippen LogP contribution is 2.28. The zero-order valence-electron chi connectivity index (χ0n) is 12.7. The molecule has 1 aliphatic carbocycles. The number of hydrogen-bond acceptors (Lipinski definition) is 2. The number of carbonyl (C=O) groups excluding carboxylic acids is 1. The van der Waals surface area contributed by atoms with Gasteiger partial charge in [0.05, 0.1) is 0 Å². The standard InChI is InChI=1S/C16H30N2O/c1-3-14-12-18(10-9-15(14)17-2)16(19)11-13-7-5-4-6-8-13/h13-15,17H,3-12H2,1-2H3. The summed E-state index contributed by atoms with van der Waals surface area (Å²) in [4.78, 5) is 14.6. The minimum atomic E-state index is 0.417. The zero-order chi connectivity index (χ0) is 13.7. The van der Waals surface area contributed by atoms with E-state index in [1.54, 1.807) is 0 Å². The van der Waals surface area contributed by atoms with E-state index >= 15 is 0 Å². The van der Waals surface area contributed by atoms with Gasteiger partial charge in [-0.15, -0.1) is 0 Å². The Bertz CT molecular complexity index is 286. The second kappa shape index (κ2) is 7.28. The summed E-state index contributed by atoms with van der Waals surface area (Å²) in [5.74, 6) is 1.72. The van der Waals surface area contributed by atoms with Gasteiger partial charge in [0.1, 0.15) is 0 Å². The van der Waals surface area contributed by atoms with Crippen LogP contribution in [0.1, 0.15) is 58.3 Å². The van der Waals surface area contributed by atoms with Gasteiger partial charge in [-0.25, -0.2) is 0 Å². The molecular formula is C16H30N2O. The topological polar surface area (TPSA) is 32.3 Å². The first-order valence-corrected chi connectivity index (χ1v) is 8.19. The fraction of sp³-hybridized carbons (Fsp3) is 0.938. The molecule has 1 saturated carbocycles. The molecule has 1 heterocycles. The number of carbonyl (C=O) groups is 1. The van der Waals surface area contributed by atoms with Crippen LogP contribution in [0.3, 0.4) is 0 Å². The lowest BCUT2D eigenvalue weighted by Gasteiger charge is -2.39. The summed E-state index contributed by atoms with van der Waals surface area (Å²) < 4.78 is 0. The van der Waals surface area contributed by atoms with Crippen LogP contribution in [0.2, 0.25) is 0 Å². The summed E-state index contributed by atoms with van der Waals surface area (Å²) in [7, 11) is 2.05. The minimum absolute atomic E-state index is 0.417. The highest BCUT2D eigenvalue weighted by atomic mass is 16.2. The Balaban J connectivity index is 1.82. The normalized spacial score (nSPS) is 29.5. The Labute approximate surface area is 118 Å². The van der Waals surface area contributed by atoms with Crippen molar-refractivity contribution in [3.8, 4) is 0 Å². The van der Waals surface area contributed by atoms with Gasteiger partial charge in [0.25, 0.3) is 0 Å². The minimum Gasteiger partial charge on any atom is -0.342 e. The molecule has 0 bridgehead atoms. The van der Waals surface area contributed by atoms with Gasteiger partial charge in [-0.1, -0.05) is 32.6 Å². The van der Waals surface area contributed by atoms with Crippen LogP contribution in [-0.4, -0.2) is 37.0 Å². The number of piperidine rings is 1. The molecule has 0 aromatic rings. The second-order valence-electron chi connectivity index (χ2n) is 6.40. The molecule has 1 N–H and O–H groups in total. The van der Waals surface area contributed by atoms with Crippen molar-refractivity contribution in [2.24, 2.45) is 11.8 Å². The van der Waals surface area contributed by atoms with Gasteiger partial charge in [-0.05, 0) is 38.1 Å². The van der Waals surface area contributed by atoms with Crippen molar-refractivity contribution in [1.29, 1.82) is 0 Å². The first kappa shape index (κ1) is 14.8. The van der Waals surface area contributed by atoms with Crippen LogP contribution in [-0.2, 0) is 4.79 Å². The van der Waals surface area contributed by atoms with Crippen molar-refractivity contribution in [3.63, 3.8) is 0 Å². The van der Waals surface area contributed by atoms with Crippen LogP contribution in [0.4, 0.5) is 0 Å². The van der Waals surface area contributed by atoms with Gasteiger partial charge in [0.15, 0.2) is 0 Å². The monoisotopic (exact) mass is 266 g/mol. The molecule has 2 fully saturated rings. The van der Waals surface area contributed by atoms with Gasteiger partial charge >= 0.3 is 0 Å². The number of rotatable bonds is 4. The van der Waals surface area contributed by atoms with Crippen molar-refractivity contribution < 1.29 is 4.79 Å². The smallest absolute Gasteiger partial charge is 0.222 e. The summed E-state index contributed by atoms with van der Waals surface area (Å²) in [5.41, 5.74) is 0. The number of nitrogens with one attached hydrogen (secondary N) is 1. The molecule has 1 aliphatic heterocycles. The van der Waals surface area contributed by atoms with Crippen molar-refractivity contribution in [3.05, 3.63) is 0 Å². The van der Waals surface area contributed by atoms with E-state index in [0.717, 1.165) is 25.9 Å². The summed E-state index contributed by atoms with van der Waals surface area (Å²) >= 11 is 0. The number of nitrogens with zero attached hydrogens (tertiary/aromatic N) is 1. The highest BCUT2D eigenvalue weighted by Gasteiger charge is 2.30. The third kappa shape index (κ3) is 3.95. The van der Waals surface area contributed by atoms with Crippen LogP contribution in [0.25, 0.3) is 0 Å². The number of hydrogen-bond donors (Lipinski definition) is 1. The molecule has 1 saturated heterocycles. The zero-order valence-corrected chi connectivity index (χ0v) is 12.7. The van der Waals surface area contributed by atoms with Crippen LogP contribution in [0.15, 0.2) is 0 Å². The van der Waals surface area contributed by atoms with Crippen molar-refractivity contribution in [2.45, 2.75) is 64.3 Å². The van der Waals surface area contributed by atoms with Gasteiger partial charge in [-0.3, -0.25) is 4.79 Å². The highest BCUT2D eigenvalue weighted by molar-refractivity contribution is 5.76. The molecule has 2 unspecified atom stereocenters. The maximum absolute atomic E-state index is 12.4. The second-order valence-corrected chi connectivity index (χ2v) is 6.40. The molecule has 110 valence electrons. The van der Waals surface area contributed by atoms with Crippen LogP contribution < -0.4 is 5.32 Å². The number of likely N-dealkylation sites (tertiary alicyclic amines) is 1. The summed E-state index contributed by atoms with van der Waals surface area (Å²) in [6.45, 7) is 4.16. The van der Waals surface area contributed by atoms with Crippen molar-refractivity contribution in [1.82, 2.24) is 10.2 Å². The molecule has 0 aromatic carbocycles. The van der Waals surface area contributed by atoms with E-state index in [-0.39, 0.29) is 0 Å². The quantitative estimate of drug-likeness (QED) is 0.848. The fourth-order valence-electron chi connectivity index (χ4n) is 3.82. The molecule has 1 amide bonds. The van der Waals surface area contributed by atoms with Crippen molar-refractivity contribution >= 4 is 5.91 Å². The Hall–Kier alpha value is -0.570. The van der Waals surface area contributed by atoms with Crippen LogP contribution in [0.5, 0.6) is 0 Å². The molecule has 0 aromatic heterocycles. The van der Waals surface area contributed by atoms with E-state index in [1.807, 2.05) is 7.05 Å². The summed E-state index contributed by atoms with van der Waals surface area (Å²) in [5, 5.41) is 3.41. The van der Waals surface area contributed by atoms with E-state index in [4.69, 9.17) is 0 Å². The van der Waals surface area contributed by atoms with Crippen molar-refractivity contribution in [2.75, 3.05) is 20.1 Å². The third-order valence-electron chi connectivity index (χ3n) is 5.17. The number of amides is 1. The molecule has 0 spiro atoms. The van der Waals surface area contributed by atoms with Gasteiger partial charge in [-0.2, -0.15) is 0 Å². The lowest BCUT2D eigenvalue weighted by Crippen LogP contribution is -2.50. The van der Waals surface area contributed by atoms with E-state index in [0.29, 0.717) is 23.8 Å². The Morgan fingerprint density at radius 2 is 1.95 bits per heavy atom. The third-order valence-corrected chi connectivity index (χ3v) is 5.17. The molecule has 2 aliphatic rings. The lowest BCUT2D eigenvalue weighted by atomic mass is 9.85. The fourth-order valence-corrected chi connectivity index (χ4v) is 3.82. The van der Waals surface area contributed by atoms with Crippen LogP contribution >= 0.6 is 0 Å². The Morgan fingerprint density at radius 1 is 1.21 bits per heavy atom. The summed E-state index contributed by atoms with van der Waals surface area (Å²) in [6.07, 6.45) is 9.67. The Morgan fingerprint density at radius 3 is 2.58 bits per heavy atom. The van der Waals surface area contributed by atoms with E-state index in [2.05, 4.69) is 17.1 Å². The first-order valence-electron chi connectivity index (χ1n) is 8.19. The Kier molecular flexibility index (Phi) is 5.68. The maximum atomic E-state index is 12.4. The average Bonchev–Trinajstić information content (AvgIpc) is 2.47. The molecular weight excluding hydrogens is 236 g/mol. The van der Waals surface area contributed by atoms with E-state index in [9.17, 15) is 4.79 Å². The average molecular weight is 266 g/mol. The van der Waals surface area contributed by atoms with E-state index < -0.39 is 0 Å². The molecule has 3 nitrogen and oxygen atoms in total. The molecule has 0 radical (unpaired) electrons. The SMILES string of the molecule is CCC1CN(C(=O)CC2CCCCC2)CCC1NC. The molecule has 2 atom stereocenters. The first-order chi connectivity index (χ1) is 9.24. The summed E-state index contributed by atoms with van der Waals surface area (Å²) in [6, 6.07) is 0.601. The lowest BCUT2D eigenvalue weighted by molar-refractivity contribution is -0.134. The molecule has 19 heavy (non-hydrogen) atoms. The van der Waals surface area contributed by atoms with E-state index in [1.165, 1.54) is 38.5 Å². The largest absolute Gasteiger partial charge is 0.342 e. The van der Waals surface area contributed by atoms with Gasteiger partial charge < -0.3 is 10.2 Å². The molecule has 3 heteroatoms. The predicted molar refractivity (Wildman–Crippen MR) is 79.0 cm³/mol. The molecule has 2 rings (SSSR count).